The number of hydrogen-bond donors (Lipinski definition) is 0. The fraction of sp³-hybridized carbons (Fsp3) is 0. The van der Waals surface area contributed by atoms with Crippen molar-refractivity contribution < 1.29 is 4.39 Å². The molecule has 0 aliphatic heterocycles. The summed E-state index contributed by atoms with van der Waals surface area (Å²) >= 11 is 3.29. The van der Waals surface area contributed by atoms with E-state index in [4.69, 9.17) is 13.8 Å². The van der Waals surface area contributed by atoms with Crippen LogP contribution in [0.4, 0.5) is 4.39 Å². The summed E-state index contributed by atoms with van der Waals surface area (Å²) in [5.41, 5.74) is 1.07. The lowest BCUT2D eigenvalue weighted by Crippen LogP contribution is -1.91. The summed E-state index contributed by atoms with van der Waals surface area (Å²) in [5, 5.41) is 0.748. The zero-order valence-corrected chi connectivity index (χ0v) is 8.68. The highest BCUT2D eigenvalue weighted by atomic mass is 79.9. The molecular formula is C11H5BrFN. The molecule has 0 saturated carbocycles. The fourth-order valence-electron chi connectivity index (χ4n) is 1.23. The molecule has 0 saturated heterocycles. The average Bonchev–Trinajstić information content (AvgIpc) is 2.14. The molecule has 4 radical (unpaired) electrons. The summed E-state index contributed by atoms with van der Waals surface area (Å²) < 4.78 is 13.5. The number of rotatable bonds is 0. The summed E-state index contributed by atoms with van der Waals surface area (Å²) in [7, 11) is 0. The van der Waals surface area contributed by atoms with Crippen LogP contribution in [0.5, 0.6) is 0 Å². The predicted octanol–water partition coefficient (Wildman–Crippen LogP) is 3.25. The van der Waals surface area contributed by atoms with E-state index in [1.807, 2.05) is 0 Å². The number of nitrogens with zero attached hydrogens (tertiary/aromatic N) is 1. The van der Waals surface area contributed by atoms with E-state index in [1.165, 1.54) is 12.1 Å². The molecule has 0 bridgehead atoms. The first-order valence-corrected chi connectivity index (χ1v) is 4.68. The normalized spacial score (nSPS) is 10.9. The Morgan fingerprint density at radius 2 is 2.00 bits per heavy atom. The fourth-order valence-corrected chi connectivity index (χ4v) is 1.77. The monoisotopic (exact) mass is 249 g/mol. The van der Waals surface area contributed by atoms with Crippen molar-refractivity contribution in [2.24, 2.45) is 0 Å². The second kappa shape index (κ2) is 3.31. The molecule has 1 heterocycles. The molecule has 0 aliphatic rings. The third-order valence-electron chi connectivity index (χ3n) is 1.95. The summed E-state index contributed by atoms with van der Waals surface area (Å²) in [6.07, 6.45) is 0. The third kappa shape index (κ3) is 1.42. The highest BCUT2D eigenvalue weighted by Crippen LogP contribution is 2.27. The van der Waals surface area contributed by atoms with E-state index in [0.29, 0.717) is 15.6 Å². The van der Waals surface area contributed by atoms with Gasteiger partial charge in [-0.15, -0.1) is 0 Å². The number of pyridine rings is 1. The second-order valence-electron chi connectivity index (χ2n) is 2.89. The van der Waals surface area contributed by atoms with Crippen molar-refractivity contribution in [1.82, 2.24) is 4.98 Å². The average molecular weight is 250 g/mol. The summed E-state index contributed by atoms with van der Waals surface area (Å²) in [6, 6.07) is 4.28. The molecule has 1 aromatic carbocycles. The quantitative estimate of drug-likeness (QED) is 0.699. The molecule has 2 aromatic rings. The van der Waals surface area contributed by atoms with Crippen LogP contribution < -0.4 is 0 Å². The molecule has 0 amide bonds. The van der Waals surface area contributed by atoms with Crippen molar-refractivity contribution in [1.29, 1.82) is 0 Å². The topological polar surface area (TPSA) is 12.9 Å². The molecule has 0 spiro atoms. The number of hydrogen-bond acceptors (Lipinski definition) is 1. The zero-order valence-electron chi connectivity index (χ0n) is 7.09. The molecule has 68 valence electrons. The van der Waals surface area contributed by atoms with Crippen LogP contribution in [0.3, 0.4) is 0 Å². The highest BCUT2D eigenvalue weighted by Gasteiger charge is 2.07. The van der Waals surface area contributed by atoms with E-state index < -0.39 is 0 Å². The number of benzene rings is 1. The van der Waals surface area contributed by atoms with Crippen molar-refractivity contribution in [3.8, 4) is 0 Å². The smallest absolute Gasteiger partial charge is 0.125 e. The van der Waals surface area contributed by atoms with Gasteiger partial charge in [0, 0.05) is 29.8 Å². The summed E-state index contributed by atoms with van der Waals surface area (Å²) in [4.78, 5) is 3.98. The highest BCUT2D eigenvalue weighted by molar-refractivity contribution is 9.10. The van der Waals surface area contributed by atoms with E-state index in [1.54, 1.807) is 6.07 Å². The molecule has 2 rings (SSSR count). The third-order valence-corrected chi connectivity index (χ3v) is 2.80. The lowest BCUT2D eigenvalue weighted by Gasteiger charge is -2.06. The van der Waals surface area contributed by atoms with Crippen LogP contribution in [-0.4, -0.2) is 4.98 Å². The van der Waals surface area contributed by atoms with Crippen molar-refractivity contribution in [3.05, 3.63) is 53.6 Å². The molecule has 0 unspecified atom stereocenters. The largest absolute Gasteiger partial charge is 0.252 e. The standard InChI is InChI=1S/C11H5BrFN/c1-6-7(2)14-10-5-8(13)3-4-9(10)11(6)12/h1-5H. The van der Waals surface area contributed by atoms with Crippen LogP contribution in [0.1, 0.15) is 11.3 Å². The van der Waals surface area contributed by atoms with Gasteiger partial charge in [-0.05, 0) is 33.6 Å². The Bertz CT molecular complexity index is 508. The van der Waals surface area contributed by atoms with Gasteiger partial charge >= 0.3 is 0 Å². The molecule has 0 atom stereocenters. The van der Waals surface area contributed by atoms with Gasteiger partial charge < -0.3 is 0 Å². The van der Waals surface area contributed by atoms with E-state index in [-0.39, 0.29) is 11.5 Å². The maximum absolute atomic E-state index is 12.9. The second-order valence-corrected chi connectivity index (χ2v) is 3.68. The van der Waals surface area contributed by atoms with E-state index in [9.17, 15) is 4.39 Å². The summed E-state index contributed by atoms with van der Waals surface area (Å²) in [5.74, 6) is -0.346. The number of halogens is 2. The predicted molar refractivity (Wildman–Crippen MR) is 56.2 cm³/mol. The lowest BCUT2D eigenvalue weighted by atomic mass is 10.1. The zero-order chi connectivity index (χ0) is 10.3. The van der Waals surface area contributed by atoms with Crippen molar-refractivity contribution in [2.45, 2.75) is 0 Å². The first-order valence-electron chi connectivity index (χ1n) is 3.89. The Morgan fingerprint density at radius 3 is 2.71 bits per heavy atom. The van der Waals surface area contributed by atoms with Crippen LogP contribution >= 0.6 is 15.9 Å². The molecular weight excluding hydrogens is 245 g/mol. The van der Waals surface area contributed by atoms with Gasteiger partial charge in [0.05, 0.1) is 11.2 Å². The van der Waals surface area contributed by atoms with Gasteiger partial charge in [-0.2, -0.15) is 0 Å². The first-order chi connectivity index (χ1) is 6.59. The van der Waals surface area contributed by atoms with Crippen LogP contribution in [0.15, 0.2) is 22.7 Å². The molecule has 1 aromatic heterocycles. The Hall–Kier alpha value is -0.960. The van der Waals surface area contributed by atoms with Crippen LogP contribution in [0.2, 0.25) is 0 Å². The van der Waals surface area contributed by atoms with E-state index in [2.05, 4.69) is 20.9 Å². The van der Waals surface area contributed by atoms with E-state index in [0.717, 1.165) is 5.39 Å². The minimum absolute atomic E-state index is 0.204. The van der Waals surface area contributed by atoms with Crippen molar-refractivity contribution in [3.63, 3.8) is 0 Å². The van der Waals surface area contributed by atoms with Gasteiger partial charge in [0.1, 0.15) is 5.82 Å². The maximum Gasteiger partial charge on any atom is 0.125 e. The van der Waals surface area contributed by atoms with Crippen LogP contribution in [0, 0.1) is 19.7 Å². The molecule has 1 nitrogen and oxygen atoms in total. The molecule has 14 heavy (non-hydrogen) atoms. The van der Waals surface area contributed by atoms with Gasteiger partial charge in [0.15, 0.2) is 0 Å². The maximum atomic E-state index is 12.9. The molecule has 3 heteroatoms. The SMILES string of the molecule is [CH]c1nc2cc(F)ccc2c(Br)c1[CH]. The first kappa shape index (κ1) is 9.59. The number of fused-ring (bicyclic) bond motifs is 1. The van der Waals surface area contributed by atoms with Crippen LogP contribution in [-0.2, 0) is 0 Å². The van der Waals surface area contributed by atoms with Gasteiger partial charge in [-0.25, -0.2) is 4.39 Å². The van der Waals surface area contributed by atoms with Crippen molar-refractivity contribution in [2.75, 3.05) is 0 Å². The van der Waals surface area contributed by atoms with Crippen LogP contribution in [0.25, 0.3) is 10.9 Å². The summed E-state index contributed by atoms with van der Waals surface area (Å²) in [6.45, 7) is 11.2. The van der Waals surface area contributed by atoms with Gasteiger partial charge in [0.2, 0.25) is 0 Å². The molecule has 0 aliphatic carbocycles. The van der Waals surface area contributed by atoms with Crippen molar-refractivity contribution >= 4 is 26.8 Å². The Labute approximate surface area is 90.1 Å². The number of aromatic nitrogens is 1. The Morgan fingerprint density at radius 1 is 1.29 bits per heavy atom. The van der Waals surface area contributed by atoms with E-state index >= 15 is 0 Å². The minimum atomic E-state index is -0.346. The Balaban J connectivity index is 2.91. The lowest BCUT2D eigenvalue weighted by molar-refractivity contribution is 0.629. The minimum Gasteiger partial charge on any atom is -0.252 e. The molecule has 0 N–H and O–H groups in total. The molecule has 0 fully saturated rings. The van der Waals surface area contributed by atoms with Gasteiger partial charge in [-0.1, -0.05) is 0 Å². The van der Waals surface area contributed by atoms with Gasteiger partial charge in [-0.3, -0.25) is 4.98 Å². The Kier molecular flexibility index (Phi) is 2.27. The van der Waals surface area contributed by atoms with Gasteiger partial charge in [0.25, 0.3) is 0 Å².